The zero-order valence-corrected chi connectivity index (χ0v) is 21.3. The summed E-state index contributed by atoms with van der Waals surface area (Å²) in [5.74, 6) is -1.01. The van der Waals surface area contributed by atoms with Crippen molar-refractivity contribution in [3.63, 3.8) is 0 Å². The van der Waals surface area contributed by atoms with E-state index < -0.39 is 35.9 Å². The normalized spacial score (nSPS) is 23.2. The second-order valence-electron chi connectivity index (χ2n) is 11.0. The Kier molecular flexibility index (Phi) is 7.20. The Balaban J connectivity index is 1.94. The van der Waals surface area contributed by atoms with Gasteiger partial charge in [0.2, 0.25) is 0 Å². The van der Waals surface area contributed by atoms with E-state index in [0.29, 0.717) is 13.0 Å². The molecule has 1 amide bonds. The predicted octanol–water partition coefficient (Wildman–Crippen LogP) is 4.03. The monoisotopic (exact) mass is 459 g/mol. The maximum atomic E-state index is 13.0. The molecule has 0 bridgehead atoms. The first-order valence-electron chi connectivity index (χ1n) is 11.8. The van der Waals surface area contributed by atoms with E-state index in [-0.39, 0.29) is 12.0 Å². The molecule has 2 aliphatic heterocycles. The molecular weight excluding hydrogens is 421 g/mol. The molecule has 1 aromatic carbocycles. The number of ether oxygens (including phenoxy) is 2. The highest BCUT2D eigenvalue weighted by Gasteiger charge is 2.52. The van der Waals surface area contributed by atoms with Gasteiger partial charge in [0.25, 0.3) is 0 Å². The first kappa shape index (κ1) is 25.6. The summed E-state index contributed by atoms with van der Waals surface area (Å²) in [7, 11) is 0.843. The van der Waals surface area contributed by atoms with Crippen molar-refractivity contribution in [2.75, 3.05) is 13.7 Å². The SMILES string of the molecule is COC(=O)C(c1cccc(B2OC(C)(C)C(C)(C)O2)c1)C1CCCCN1C(=O)OC(C)(C)C. The second-order valence-corrected chi connectivity index (χ2v) is 11.0. The number of carbonyl (C=O) groups excluding carboxylic acids is 2. The minimum Gasteiger partial charge on any atom is -0.468 e. The van der Waals surface area contributed by atoms with Crippen LogP contribution in [0.2, 0.25) is 0 Å². The van der Waals surface area contributed by atoms with Gasteiger partial charge < -0.3 is 23.7 Å². The predicted molar refractivity (Wildman–Crippen MR) is 127 cm³/mol. The van der Waals surface area contributed by atoms with E-state index in [4.69, 9.17) is 18.8 Å². The Bertz CT molecular complexity index is 862. The molecule has 2 heterocycles. The van der Waals surface area contributed by atoms with Gasteiger partial charge in [-0.1, -0.05) is 24.3 Å². The van der Waals surface area contributed by atoms with Crippen LogP contribution in [0.4, 0.5) is 4.79 Å². The van der Waals surface area contributed by atoms with Gasteiger partial charge in [-0.2, -0.15) is 0 Å². The van der Waals surface area contributed by atoms with Crippen LogP contribution in [-0.4, -0.2) is 60.6 Å². The lowest BCUT2D eigenvalue weighted by atomic mass is 9.76. The molecule has 0 radical (unpaired) electrons. The van der Waals surface area contributed by atoms with E-state index in [1.54, 1.807) is 4.90 Å². The molecule has 2 aliphatic rings. The van der Waals surface area contributed by atoms with Crippen molar-refractivity contribution < 1.29 is 28.4 Å². The topological polar surface area (TPSA) is 74.3 Å². The van der Waals surface area contributed by atoms with Crippen molar-refractivity contribution in [2.45, 2.75) is 96.5 Å². The molecule has 2 fully saturated rings. The molecule has 0 aromatic heterocycles. The summed E-state index contributed by atoms with van der Waals surface area (Å²) in [5.41, 5.74) is 0.0592. The average Bonchev–Trinajstić information content (AvgIpc) is 2.94. The largest absolute Gasteiger partial charge is 0.494 e. The number of likely N-dealkylation sites (tertiary alicyclic amines) is 1. The first-order valence-corrected chi connectivity index (χ1v) is 11.8. The van der Waals surface area contributed by atoms with Gasteiger partial charge in [0.1, 0.15) is 11.5 Å². The van der Waals surface area contributed by atoms with E-state index in [9.17, 15) is 9.59 Å². The van der Waals surface area contributed by atoms with Crippen LogP contribution in [0, 0.1) is 0 Å². The first-order chi connectivity index (χ1) is 15.3. The number of hydrogen-bond acceptors (Lipinski definition) is 6. The van der Waals surface area contributed by atoms with Crippen molar-refractivity contribution in [1.82, 2.24) is 4.90 Å². The summed E-state index contributed by atoms with van der Waals surface area (Å²) < 4.78 is 23.3. The molecule has 33 heavy (non-hydrogen) atoms. The fourth-order valence-corrected chi connectivity index (χ4v) is 4.37. The zero-order valence-electron chi connectivity index (χ0n) is 21.3. The van der Waals surface area contributed by atoms with Gasteiger partial charge >= 0.3 is 19.2 Å². The van der Waals surface area contributed by atoms with Crippen LogP contribution in [0.15, 0.2) is 24.3 Å². The van der Waals surface area contributed by atoms with Crippen LogP contribution in [0.1, 0.15) is 79.2 Å². The number of esters is 1. The Hall–Kier alpha value is -2.06. The summed E-state index contributed by atoms with van der Waals surface area (Å²) in [5, 5.41) is 0. The summed E-state index contributed by atoms with van der Waals surface area (Å²) in [6, 6.07) is 7.32. The van der Waals surface area contributed by atoms with Gasteiger partial charge in [0.15, 0.2) is 0 Å². The minimum atomic E-state index is -0.634. The number of benzene rings is 1. The number of nitrogens with zero attached hydrogens (tertiary/aromatic N) is 1. The third-order valence-electron chi connectivity index (χ3n) is 6.81. The lowest BCUT2D eigenvalue weighted by Crippen LogP contribution is -2.50. The van der Waals surface area contributed by atoms with Gasteiger partial charge in [-0.25, -0.2) is 4.79 Å². The maximum absolute atomic E-state index is 13.0. The van der Waals surface area contributed by atoms with Gasteiger partial charge in [-0.05, 0) is 78.8 Å². The van der Waals surface area contributed by atoms with Gasteiger partial charge in [0, 0.05) is 6.54 Å². The third kappa shape index (κ3) is 5.54. The molecule has 0 spiro atoms. The van der Waals surface area contributed by atoms with Crippen molar-refractivity contribution in [1.29, 1.82) is 0 Å². The Morgan fingerprint density at radius 3 is 2.33 bits per heavy atom. The van der Waals surface area contributed by atoms with Crippen molar-refractivity contribution >= 4 is 24.6 Å². The average molecular weight is 459 g/mol. The van der Waals surface area contributed by atoms with E-state index in [1.807, 2.05) is 72.7 Å². The maximum Gasteiger partial charge on any atom is 0.494 e. The molecule has 2 unspecified atom stereocenters. The van der Waals surface area contributed by atoms with Crippen molar-refractivity contribution in [3.8, 4) is 0 Å². The fraction of sp³-hybridized carbons (Fsp3) is 0.680. The standard InChI is InChI=1S/C25H38BNO6/c1-23(2,3)31-22(29)27-15-10-9-14-19(27)20(21(28)30-8)17-12-11-13-18(16-17)26-32-24(4,5)25(6,7)33-26/h11-13,16,19-20H,9-10,14-15H2,1-8H3. The van der Waals surface area contributed by atoms with Crippen LogP contribution < -0.4 is 5.46 Å². The molecule has 0 N–H and O–H groups in total. The summed E-state index contributed by atoms with van der Waals surface area (Å²) >= 11 is 0. The molecule has 7 nitrogen and oxygen atoms in total. The molecule has 3 rings (SSSR count). The molecule has 2 saturated heterocycles. The fourth-order valence-electron chi connectivity index (χ4n) is 4.37. The molecular formula is C25H38BNO6. The Morgan fingerprint density at radius 1 is 1.12 bits per heavy atom. The van der Waals surface area contributed by atoms with Crippen molar-refractivity contribution in [2.24, 2.45) is 0 Å². The van der Waals surface area contributed by atoms with E-state index in [1.165, 1.54) is 7.11 Å². The highest BCUT2D eigenvalue weighted by molar-refractivity contribution is 6.62. The minimum absolute atomic E-state index is 0.352. The summed E-state index contributed by atoms with van der Waals surface area (Å²) in [6.45, 7) is 14.1. The molecule has 8 heteroatoms. The summed E-state index contributed by atoms with van der Waals surface area (Å²) in [6.07, 6.45) is 2.09. The zero-order chi connectivity index (χ0) is 24.6. The number of hydrogen-bond donors (Lipinski definition) is 0. The van der Waals surface area contributed by atoms with Gasteiger partial charge in [-0.15, -0.1) is 0 Å². The number of methoxy groups -OCH3 is 1. The van der Waals surface area contributed by atoms with Crippen LogP contribution in [0.3, 0.4) is 0 Å². The number of amides is 1. The van der Waals surface area contributed by atoms with Crippen LogP contribution in [-0.2, 0) is 23.6 Å². The summed E-state index contributed by atoms with van der Waals surface area (Å²) in [4.78, 5) is 27.7. The number of carbonyl (C=O) groups is 2. The van der Waals surface area contributed by atoms with E-state index >= 15 is 0 Å². The lowest BCUT2D eigenvalue weighted by molar-refractivity contribution is -0.144. The Morgan fingerprint density at radius 2 is 1.76 bits per heavy atom. The molecule has 0 aliphatic carbocycles. The highest BCUT2D eigenvalue weighted by atomic mass is 16.7. The molecule has 1 aromatic rings. The molecule has 0 saturated carbocycles. The van der Waals surface area contributed by atoms with Gasteiger partial charge in [-0.3, -0.25) is 4.79 Å². The van der Waals surface area contributed by atoms with E-state index in [2.05, 4.69) is 0 Å². The smallest absolute Gasteiger partial charge is 0.468 e. The van der Waals surface area contributed by atoms with Crippen LogP contribution in [0.5, 0.6) is 0 Å². The molecule has 2 atom stereocenters. The van der Waals surface area contributed by atoms with Gasteiger partial charge in [0.05, 0.1) is 24.4 Å². The highest BCUT2D eigenvalue weighted by Crippen LogP contribution is 2.37. The number of rotatable bonds is 4. The Labute approximate surface area is 198 Å². The van der Waals surface area contributed by atoms with Crippen molar-refractivity contribution in [3.05, 3.63) is 29.8 Å². The van der Waals surface area contributed by atoms with Crippen LogP contribution in [0.25, 0.3) is 0 Å². The number of piperidine rings is 1. The van der Waals surface area contributed by atoms with Crippen LogP contribution >= 0.6 is 0 Å². The lowest BCUT2D eigenvalue weighted by Gasteiger charge is -2.40. The quantitative estimate of drug-likeness (QED) is 0.500. The van der Waals surface area contributed by atoms with E-state index in [0.717, 1.165) is 23.9 Å². The molecule has 182 valence electrons. The third-order valence-corrected chi connectivity index (χ3v) is 6.81. The second kappa shape index (κ2) is 9.30.